The summed E-state index contributed by atoms with van der Waals surface area (Å²) in [4.78, 5) is 11.8. The summed E-state index contributed by atoms with van der Waals surface area (Å²) in [5, 5.41) is 6.16. The number of hydrogen-bond donors (Lipinski definition) is 2. The van der Waals surface area contributed by atoms with Crippen LogP contribution < -0.4 is 15.4 Å². The average molecular weight is 278 g/mol. The molecule has 2 N–H and O–H groups in total. The molecule has 0 saturated carbocycles. The topological polar surface area (TPSA) is 50.4 Å². The largest absolute Gasteiger partial charge is 0.494 e. The molecule has 0 spiro atoms. The maximum Gasteiger partial charge on any atom is 0.234 e. The van der Waals surface area contributed by atoms with E-state index in [1.165, 1.54) is 0 Å². The first-order valence-electron chi connectivity index (χ1n) is 7.09. The maximum absolute atomic E-state index is 11.8. The number of nitrogens with one attached hydrogen (secondary N) is 2. The zero-order valence-electron chi connectivity index (χ0n) is 13.1. The number of para-hydroxylation sites is 1. The number of carbonyl (C=O) groups excluding carboxylic acids is 1. The molecule has 0 radical (unpaired) electrons. The van der Waals surface area contributed by atoms with Gasteiger partial charge >= 0.3 is 0 Å². The summed E-state index contributed by atoms with van der Waals surface area (Å²) in [6.07, 6.45) is 0. The van der Waals surface area contributed by atoms with Gasteiger partial charge < -0.3 is 15.4 Å². The fraction of sp³-hybridized carbons (Fsp3) is 0.562. The molecule has 1 amide bonds. The average Bonchev–Trinajstić information content (AvgIpc) is 2.35. The molecule has 0 saturated heterocycles. The highest BCUT2D eigenvalue weighted by Crippen LogP contribution is 2.24. The van der Waals surface area contributed by atoms with E-state index in [-0.39, 0.29) is 17.5 Å². The van der Waals surface area contributed by atoms with E-state index in [4.69, 9.17) is 4.74 Å². The third-order valence-corrected chi connectivity index (χ3v) is 2.77. The SMILES string of the molecule is CCOc1ccccc1C(C)NCC(=O)NC(C)(C)C. The van der Waals surface area contributed by atoms with Gasteiger partial charge in [-0.1, -0.05) is 18.2 Å². The molecule has 0 aliphatic carbocycles. The van der Waals surface area contributed by atoms with Crippen LogP contribution in [0.2, 0.25) is 0 Å². The summed E-state index contributed by atoms with van der Waals surface area (Å²) in [6.45, 7) is 10.8. The van der Waals surface area contributed by atoms with Crippen molar-refractivity contribution in [3.05, 3.63) is 29.8 Å². The molecule has 112 valence electrons. The molecule has 1 rings (SSSR count). The number of rotatable bonds is 6. The van der Waals surface area contributed by atoms with Crippen LogP contribution in [0.4, 0.5) is 0 Å². The van der Waals surface area contributed by atoms with Crippen molar-refractivity contribution in [1.29, 1.82) is 0 Å². The zero-order chi connectivity index (χ0) is 15.2. The van der Waals surface area contributed by atoms with Gasteiger partial charge in [-0.3, -0.25) is 4.79 Å². The molecule has 0 heterocycles. The summed E-state index contributed by atoms with van der Waals surface area (Å²) in [5.74, 6) is 0.865. The minimum absolute atomic E-state index is 0.00163. The van der Waals surface area contributed by atoms with Gasteiger partial charge in [0.2, 0.25) is 5.91 Å². The monoisotopic (exact) mass is 278 g/mol. The number of amides is 1. The zero-order valence-corrected chi connectivity index (χ0v) is 13.1. The molecule has 0 fully saturated rings. The second-order valence-electron chi connectivity index (χ2n) is 5.87. The van der Waals surface area contributed by atoms with Crippen LogP contribution in [0.3, 0.4) is 0 Å². The van der Waals surface area contributed by atoms with E-state index < -0.39 is 0 Å². The second-order valence-corrected chi connectivity index (χ2v) is 5.87. The predicted octanol–water partition coefficient (Wildman–Crippen LogP) is 2.65. The van der Waals surface area contributed by atoms with Crippen LogP contribution in [-0.2, 0) is 4.79 Å². The number of benzene rings is 1. The molecule has 4 nitrogen and oxygen atoms in total. The fourth-order valence-electron chi connectivity index (χ4n) is 1.94. The molecule has 1 atom stereocenters. The lowest BCUT2D eigenvalue weighted by Gasteiger charge is -2.22. The van der Waals surface area contributed by atoms with E-state index in [0.717, 1.165) is 11.3 Å². The van der Waals surface area contributed by atoms with Crippen molar-refractivity contribution >= 4 is 5.91 Å². The van der Waals surface area contributed by atoms with Crippen molar-refractivity contribution in [1.82, 2.24) is 10.6 Å². The second kappa shape index (κ2) is 7.29. The van der Waals surface area contributed by atoms with Crippen LogP contribution in [-0.4, -0.2) is 24.6 Å². The van der Waals surface area contributed by atoms with Gasteiger partial charge in [0, 0.05) is 17.1 Å². The fourth-order valence-corrected chi connectivity index (χ4v) is 1.94. The molecule has 0 aliphatic heterocycles. The highest BCUT2D eigenvalue weighted by molar-refractivity contribution is 5.78. The Hall–Kier alpha value is -1.55. The Labute approximate surface area is 121 Å². The van der Waals surface area contributed by atoms with E-state index in [9.17, 15) is 4.79 Å². The minimum Gasteiger partial charge on any atom is -0.494 e. The van der Waals surface area contributed by atoms with E-state index in [0.29, 0.717) is 13.2 Å². The number of carbonyl (C=O) groups is 1. The van der Waals surface area contributed by atoms with Gasteiger partial charge in [-0.25, -0.2) is 0 Å². The standard InChI is InChI=1S/C16H26N2O2/c1-6-20-14-10-8-7-9-13(14)12(2)17-11-15(19)18-16(3,4)5/h7-10,12,17H,6,11H2,1-5H3,(H,18,19). The first-order chi connectivity index (χ1) is 9.33. The Morgan fingerprint density at radius 3 is 2.55 bits per heavy atom. The summed E-state index contributed by atoms with van der Waals surface area (Å²) in [5.41, 5.74) is 0.864. The Balaban J connectivity index is 2.59. The van der Waals surface area contributed by atoms with Crippen molar-refractivity contribution in [2.45, 2.75) is 46.2 Å². The van der Waals surface area contributed by atoms with Crippen molar-refractivity contribution in [3.63, 3.8) is 0 Å². The molecule has 1 aromatic carbocycles. The lowest BCUT2D eigenvalue weighted by Crippen LogP contribution is -2.45. The summed E-state index contributed by atoms with van der Waals surface area (Å²) in [7, 11) is 0. The molecule has 20 heavy (non-hydrogen) atoms. The van der Waals surface area contributed by atoms with Gasteiger partial charge in [-0.05, 0) is 40.7 Å². The molecule has 4 heteroatoms. The number of ether oxygens (including phenoxy) is 1. The smallest absolute Gasteiger partial charge is 0.234 e. The Morgan fingerprint density at radius 2 is 1.95 bits per heavy atom. The van der Waals surface area contributed by atoms with Gasteiger partial charge in [0.25, 0.3) is 0 Å². The third kappa shape index (κ3) is 5.61. The van der Waals surface area contributed by atoms with Gasteiger partial charge in [0.1, 0.15) is 5.75 Å². The highest BCUT2D eigenvalue weighted by atomic mass is 16.5. The number of hydrogen-bond acceptors (Lipinski definition) is 3. The van der Waals surface area contributed by atoms with Crippen LogP contribution in [0.1, 0.15) is 46.2 Å². The highest BCUT2D eigenvalue weighted by Gasteiger charge is 2.15. The Bertz CT molecular complexity index is 438. The van der Waals surface area contributed by atoms with E-state index in [2.05, 4.69) is 10.6 Å². The summed E-state index contributed by atoms with van der Waals surface area (Å²) < 4.78 is 5.60. The predicted molar refractivity (Wildman–Crippen MR) is 81.9 cm³/mol. The van der Waals surface area contributed by atoms with Gasteiger partial charge in [-0.15, -0.1) is 0 Å². The van der Waals surface area contributed by atoms with Gasteiger partial charge in [-0.2, -0.15) is 0 Å². The van der Waals surface area contributed by atoms with Crippen LogP contribution in [0, 0.1) is 0 Å². The van der Waals surface area contributed by atoms with Gasteiger partial charge in [0.15, 0.2) is 0 Å². The molecule has 1 unspecified atom stereocenters. The van der Waals surface area contributed by atoms with Crippen molar-refractivity contribution < 1.29 is 9.53 Å². The van der Waals surface area contributed by atoms with E-state index in [1.807, 2.05) is 58.9 Å². The lowest BCUT2D eigenvalue weighted by molar-refractivity contribution is -0.121. The van der Waals surface area contributed by atoms with E-state index in [1.54, 1.807) is 0 Å². The van der Waals surface area contributed by atoms with Crippen molar-refractivity contribution in [2.75, 3.05) is 13.2 Å². The summed E-state index contributed by atoms with van der Waals surface area (Å²) in [6, 6.07) is 7.96. The first-order valence-corrected chi connectivity index (χ1v) is 7.09. The maximum atomic E-state index is 11.8. The quantitative estimate of drug-likeness (QED) is 0.841. The van der Waals surface area contributed by atoms with Gasteiger partial charge in [0.05, 0.1) is 13.2 Å². The molecule has 0 aliphatic rings. The molecule has 0 aromatic heterocycles. The Morgan fingerprint density at radius 1 is 1.30 bits per heavy atom. The Kier molecular flexibility index (Phi) is 6.02. The molecule has 1 aromatic rings. The van der Waals surface area contributed by atoms with Crippen molar-refractivity contribution in [2.24, 2.45) is 0 Å². The van der Waals surface area contributed by atoms with Crippen molar-refractivity contribution in [3.8, 4) is 5.75 Å². The third-order valence-electron chi connectivity index (χ3n) is 2.77. The van der Waals surface area contributed by atoms with E-state index >= 15 is 0 Å². The molecular weight excluding hydrogens is 252 g/mol. The van der Waals surface area contributed by atoms with Crippen LogP contribution >= 0.6 is 0 Å². The normalized spacial score (nSPS) is 12.8. The molecular formula is C16H26N2O2. The van der Waals surface area contributed by atoms with Crippen LogP contribution in [0.25, 0.3) is 0 Å². The summed E-state index contributed by atoms with van der Waals surface area (Å²) >= 11 is 0. The van der Waals surface area contributed by atoms with Crippen LogP contribution in [0.15, 0.2) is 24.3 Å². The van der Waals surface area contributed by atoms with Crippen LogP contribution in [0.5, 0.6) is 5.75 Å². The first kappa shape index (κ1) is 16.5. The molecule has 0 bridgehead atoms. The minimum atomic E-state index is -0.203. The lowest BCUT2D eigenvalue weighted by atomic mass is 10.1.